The first kappa shape index (κ1) is 12.5. The summed E-state index contributed by atoms with van der Waals surface area (Å²) in [5, 5.41) is 1.38. The molecule has 81 valence electrons. The molecular formula is C13H18ClSi. The Kier molecular flexibility index (Phi) is 5.73. The molecule has 0 N–H and O–H groups in total. The summed E-state index contributed by atoms with van der Waals surface area (Å²) in [6, 6.07) is 9.63. The molecule has 15 heavy (non-hydrogen) atoms. The van der Waals surface area contributed by atoms with E-state index in [0.29, 0.717) is 0 Å². The van der Waals surface area contributed by atoms with Gasteiger partial charge in [0, 0.05) is 0 Å². The van der Waals surface area contributed by atoms with Crippen LogP contribution in [0.25, 0.3) is 0 Å². The van der Waals surface area contributed by atoms with Crippen LogP contribution in [0.4, 0.5) is 0 Å². The molecular weight excluding hydrogens is 220 g/mol. The highest BCUT2D eigenvalue weighted by Crippen LogP contribution is 2.09. The summed E-state index contributed by atoms with van der Waals surface area (Å²) in [5.74, 6) is 0. The van der Waals surface area contributed by atoms with Crippen LogP contribution in [0.3, 0.4) is 0 Å². The van der Waals surface area contributed by atoms with Crippen molar-refractivity contribution in [1.82, 2.24) is 0 Å². The van der Waals surface area contributed by atoms with E-state index in [2.05, 4.69) is 37.8 Å². The first-order valence-corrected chi connectivity index (χ1v) is 8.16. The molecule has 1 radical (unpaired) electrons. The maximum atomic E-state index is 6.47. The zero-order chi connectivity index (χ0) is 11.1. The molecule has 0 spiro atoms. The number of rotatable bonds is 6. The molecule has 1 aromatic rings. The molecule has 2 heteroatoms. The molecule has 0 aromatic heterocycles. The van der Waals surface area contributed by atoms with Crippen molar-refractivity contribution in [2.75, 3.05) is 0 Å². The lowest BCUT2D eigenvalue weighted by molar-refractivity contribution is 0.812. The van der Waals surface area contributed by atoms with Crippen LogP contribution in [0.2, 0.25) is 6.04 Å². The van der Waals surface area contributed by atoms with Crippen molar-refractivity contribution in [3.63, 3.8) is 0 Å². The monoisotopic (exact) mass is 237 g/mol. The molecule has 1 rings (SSSR count). The van der Waals surface area contributed by atoms with E-state index < -0.39 is 8.11 Å². The lowest BCUT2D eigenvalue weighted by Crippen LogP contribution is -2.26. The molecule has 0 saturated heterocycles. The minimum Gasteiger partial charge on any atom is -0.163 e. The fourth-order valence-corrected chi connectivity index (χ4v) is 4.24. The largest absolute Gasteiger partial charge is 0.199 e. The molecule has 0 bridgehead atoms. The first-order chi connectivity index (χ1) is 7.25. The van der Waals surface area contributed by atoms with E-state index in [4.69, 9.17) is 11.1 Å². The standard InChI is InChI=1S/C13H18ClSi/c1-3-4-5-8-11-15(14)13-10-7-6-9-12(13)2/h3,6-7,9-10H,1,4-5,8,11H2,2H3. The van der Waals surface area contributed by atoms with Gasteiger partial charge in [0.1, 0.15) is 0 Å². The summed E-state index contributed by atoms with van der Waals surface area (Å²) in [6.07, 6.45) is 5.53. The zero-order valence-electron chi connectivity index (χ0n) is 9.30. The average molecular weight is 238 g/mol. The van der Waals surface area contributed by atoms with Gasteiger partial charge in [-0.3, -0.25) is 0 Å². The molecule has 0 heterocycles. The molecule has 0 aliphatic rings. The molecule has 0 unspecified atom stereocenters. The number of benzene rings is 1. The molecule has 0 fully saturated rings. The first-order valence-electron chi connectivity index (χ1n) is 5.44. The van der Waals surface area contributed by atoms with Gasteiger partial charge in [-0.25, -0.2) is 0 Å². The lowest BCUT2D eigenvalue weighted by Gasteiger charge is -2.09. The van der Waals surface area contributed by atoms with Crippen LogP contribution in [0, 0.1) is 6.92 Å². The molecule has 0 aliphatic carbocycles. The highest BCUT2D eigenvalue weighted by atomic mass is 35.6. The third kappa shape index (κ3) is 4.23. The fraction of sp³-hybridized carbons (Fsp3) is 0.385. The average Bonchev–Trinajstić information content (AvgIpc) is 2.25. The zero-order valence-corrected chi connectivity index (χ0v) is 11.1. The lowest BCUT2D eigenvalue weighted by atomic mass is 10.2. The van der Waals surface area contributed by atoms with Gasteiger partial charge in [-0.05, 0) is 24.6 Å². The molecule has 0 atom stereocenters. The van der Waals surface area contributed by atoms with Crippen LogP contribution in [0.5, 0.6) is 0 Å². The van der Waals surface area contributed by atoms with Crippen molar-refractivity contribution in [1.29, 1.82) is 0 Å². The molecule has 0 saturated carbocycles. The van der Waals surface area contributed by atoms with Crippen LogP contribution in [0.15, 0.2) is 36.9 Å². The normalized spacial score (nSPS) is 10.6. The van der Waals surface area contributed by atoms with Crippen molar-refractivity contribution >= 4 is 24.4 Å². The van der Waals surface area contributed by atoms with Gasteiger partial charge in [-0.15, -0.1) is 6.58 Å². The summed E-state index contributed by atoms with van der Waals surface area (Å²) < 4.78 is 0. The molecule has 1 aromatic carbocycles. The van der Waals surface area contributed by atoms with Crippen molar-refractivity contribution < 1.29 is 0 Å². The van der Waals surface area contributed by atoms with Crippen molar-refractivity contribution in [2.24, 2.45) is 0 Å². The summed E-state index contributed by atoms with van der Waals surface area (Å²) in [7, 11) is -0.840. The summed E-state index contributed by atoms with van der Waals surface area (Å²) in [5.41, 5.74) is 1.34. The quantitative estimate of drug-likeness (QED) is 0.306. The van der Waals surface area contributed by atoms with Gasteiger partial charge in [0.2, 0.25) is 0 Å². The van der Waals surface area contributed by atoms with E-state index >= 15 is 0 Å². The second-order valence-corrected chi connectivity index (χ2v) is 6.97. The Morgan fingerprint density at radius 3 is 2.73 bits per heavy atom. The summed E-state index contributed by atoms with van der Waals surface area (Å²) >= 11 is 6.47. The second-order valence-electron chi connectivity index (χ2n) is 3.75. The number of aryl methyl sites for hydroxylation is 1. The van der Waals surface area contributed by atoms with Gasteiger partial charge >= 0.3 is 0 Å². The Bertz CT molecular complexity index is 309. The Labute approximate surface area is 99.3 Å². The third-order valence-corrected chi connectivity index (χ3v) is 5.61. The number of halogens is 1. The van der Waals surface area contributed by atoms with Gasteiger partial charge in [0.25, 0.3) is 0 Å². The maximum absolute atomic E-state index is 6.47. The van der Waals surface area contributed by atoms with Crippen molar-refractivity contribution in [3.05, 3.63) is 42.5 Å². The van der Waals surface area contributed by atoms with Gasteiger partial charge in [0.15, 0.2) is 8.11 Å². The fourth-order valence-electron chi connectivity index (χ4n) is 1.58. The summed E-state index contributed by atoms with van der Waals surface area (Å²) in [6.45, 7) is 5.87. The van der Waals surface area contributed by atoms with Gasteiger partial charge in [0.05, 0.1) is 0 Å². The topological polar surface area (TPSA) is 0 Å². The van der Waals surface area contributed by atoms with Crippen LogP contribution in [-0.4, -0.2) is 8.11 Å². The predicted molar refractivity (Wildman–Crippen MR) is 71.3 cm³/mol. The Balaban J connectivity index is 2.43. The van der Waals surface area contributed by atoms with E-state index in [1.165, 1.54) is 23.6 Å². The van der Waals surface area contributed by atoms with E-state index in [1.54, 1.807) is 0 Å². The second kappa shape index (κ2) is 6.86. The van der Waals surface area contributed by atoms with E-state index in [1.807, 2.05) is 6.08 Å². The minimum absolute atomic E-state index is 0.840. The SMILES string of the molecule is C=CCCCC[Si](Cl)c1ccccc1C. The van der Waals surface area contributed by atoms with E-state index in [0.717, 1.165) is 12.5 Å². The summed E-state index contributed by atoms with van der Waals surface area (Å²) in [4.78, 5) is 0. The molecule has 0 amide bonds. The number of hydrogen-bond donors (Lipinski definition) is 0. The predicted octanol–water partition coefficient (Wildman–Crippen LogP) is 3.79. The Hall–Kier alpha value is -0.533. The third-order valence-electron chi connectivity index (χ3n) is 2.49. The van der Waals surface area contributed by atoms with Crippen LogP contribution >= 0.6 is 11.1 Å². The highest BCUT2D eigenvalue weighted by Gasteiger charge is 2.12. The van der Waals surface area contributed by atoms with Crippen molar-refractivity contribution in [3.8, 4) is 0 Å². The van der Waals surface area contributed by atoms with Crippen LogP contribution in [0.1, 0.15) is 24.8 Å². The molecule has 0 nitrogen and oxygen atoms in total. The van der Waals surface area contributed by atoms with Gasteiger partial charge in [-0.2, -0.15) is 11.1 Å². The molecule has 0 aliphatic heterocycles. The van der Waals surface area contributed by atoms with Crippen LogP contribution in [-0.2, 0) is 0 Å². The number of hydrogen-bond acceptors (Lipinski definition) is 0. The minimum atomic E-state index is -0.840. The van der Waals surface area contributed by atoms with E-state index in [-0.39, 0.29) is 0 Å². The van der Waals surface area contributed by atoms with Gasteiger partial charge in [-0.1, -0.05) is 48.7 Å². The Morgan fingerprint density at radius 2 is 2.07 bits per heavy atom. The van der Waals surface area contributed by atoms with E-state index in [9.17, 15) is 0 Å². The Morgan fingerprint density at radius 1 is 1.33 bits per heavy atom. The van der Waals surface area contributed by atoms with Crippen molar-refractivity contribution in [2.45, 2.75) is 32.2 Å². The number of allylic oxidation sites excluding steroid dienone is 1. The van der Waals surface area contributed by atoms with Crippen LogP contribution < -0.4 is 5.19 Å². The van der Waals surface area contributed by atoms with Gasteiger partial charge < -0.3 is 0 Å². The smallest absolute Gasteiger partial charge is 0.163 e. The number of unbranched alkanes of at least 4 members (excludes halogenated alkanes) is 2. The maximum Gasteiger partial charge on any atom is 0.199 e. The highest BCUT2D eigenvalue weighted by molar-refractivity contribution is 7.14.